The Labute approximate surface area is 357 Å². The molecule has 0 amide bonds. The van der Waals surface area contributed by atoms with Gasteiger partial charge in [0.15, 0.2) is 0 Å². The lowest BCUT2D eigenvalue weighted by molar-refractivity contribution is 0.632. The molecule has 0 saturated carbocycles. The molecule has 290 valence electrons. The fourth-order valence-corrected chi connectivity index (χ4v) is 10.7. The highest BCUT2D eigenvalue weighted by atomic mass is 15.2. The molecule has 4 nitrogen and oxygen atoms in total. The Morgan fingerprint density at radius 3 is 1.52 bits per heavy atom. The predicted molar refractivity (Wildman–Crippen MR) is 251 cm³/mol. The van der Waals surface area contributed by atoms with Crippen LogP contribution in [0.15, 0.2) is 219 Å². The van der Waals surface area contributed by atoms with Crippen LogP contribution in [0.3, 0.4) is 0 Å². The number of anilines is 9. The fourth-order valence-electron chi connectivity index (χ4n) is 10.7. The molecule has 1 atom stereocenters. The Morgan fingerprint density at radius 1 is 0.377 bits per heavy atom. The molecule has 1 aliphatic carbocycles. The number of nitrogens with zero attached hydrogens (tertiary/aromatic N) is 4. The minimum atomic E-state index is -0.713. The highest BCUT2D eigenvalue weighted by Crippen LogP contribution is 2.65. The van der Waals surface area contributed by atoms with Crippen molar-refractivity contribution in [2.24, 2.45) is 0 Å². The summed E-state index contributed by atoms with van der Waals surface area (Å²) in [6.45, 7) is 4.70. The van der Waals surface area contributed by atoms with Crippen molar-refractivity contribution in [2.45, 2.75) is 24.7 Å². The Hall–Kier alpha value is -7.69. The van der Waals surface area contributed by atoms with E-state index < -0.39 is 5.41 Å². The summed E-state index contributed by atoms with van der Waals surface area (Å²) in [6, 6.07) is 75.6. The van der Waals surface area contributed by atoms with E-state index in [0.29, 0.717) is 0 Å². The number of hydrogen-bond donors (Lipinski definition) is 0. The van der Waals surface area contributed by atoms with Gasteiger partial charge in [-0.3, -0.25) is 4.98 Å². The summed E-state index contributed by atoms with van der Waals surface area (Å²) in [6.07, 6.45) is 4.07. The maximum atomic E-state index is 4.92. The van der Waals surface area contributed by atoms with Gasteiger partial charge in [-0.1, -0.05) is 129 Å². The van der Waals surface area contributed by atoms with E-state index in [0.717, 1.165) is 39.8 Å². The molecule has 2 aliphatic heterocycles. The van der Waals surface area contributed by atoms with Gasteiger partial charge in [-0.15, -0.1) is 0 Å². The van der Waals surface area contributed by atoms with Crippen molar-refractivity contribution in [3.63, 3.8) is 0 Å². The lowest BCUT2D eigenvalue weighted by Crippen LogP contribution is -2.37. The van der Waals surface area contributed by atoms with E-state index in [1.807, 2.05) is 6.20 Å². The van der Waals surface area contributed by atoms with Gasteiger partial charge in [0.05, 0.1) is 28.2 Å². The van der Waals surface area contributed by atoms with Gasteiger partial charge < -0.3 is 14.7 Å². The van der Waals surface area contributed by atoms with Gasteiger partial charge in [0.25, 0.3) is 0 Å². The molecular weight excluding hydrogens is 741 g/mol. The third-order valence-corrected chi connectivity index (χ3v) is 13.3. The summed E-state index contributed by atoms with van der Waals surface area (Å²) in [4.78, 5) is 12.2. The monoisotopic (exact) mass is 782 g/mol. The van der Waals surface area contributed by atoms with E-state index in [4.69, 9.17) is 4.98 Å². The normalized spacial score (nSPS) is 16.2. The van der Waals surface area contributed by atoms with Crippen LogP contribution in [0.5, 0.6) is 0 Å². The molecule has 4 heteroatoms. The SMILES string of the molecule is CC1(C)c2ccccc2N(c2ccc3c(c2)C2(c4ccccc4-c4ccncc42)c2cc(N(c4ccccc4)c4ccccc4)ccc2N3c2ccccc2)c2ccccc21. The summed E-state index contributed by atoms with van der Waals surface area (Å²) in [7, 11) is 0. The van der Waals surface area contributed by atoms with Gasteiger partial charge in [-0.05, 0) is 136 Å². The van der Waals surface area contributed by atoms with Crippen LogP contribution in [0, 0.1) is 0 Å². The highest BCUT2D eigenvalue weighted by molar-refractivity contribution is 5.98. The van der Waals surface area contributed by atoms with E-state index in [-0.39, 0.29) is 5.41 Å². The van der Waals surface area contributed by atoms with Crippen LogP contribution < -0.4 is 14.7 Å². The molecule has 0 N–H and O–H groups in total. The van der Waals surface area contributed by atoms with E-state index in [1.54, 1.807) is 0 Å². The summed E-state index contributed by atoms with van der Waals surface area (Å²) in [5.41, 5.74) is 19.2. The van der Waals surface area contributed by atoms with Crippen LogP contribution in [0.2, 0.25) is 0 Å². The molecule has 0 radical (unpaired) electrons. The second-order valence-electron chi connectivity index (χ2n) is 16.8. The quantitative estimate of drug-likeness (QED) is 0.173. The van der Waals surface area contributed by atoms with Crippen molar-refractivity contribution in [3.05, 3.63) is 252 Å². The summed E-state index contributed by atoms with van der Waals surface area (Å²) in [5.74, 6) is 0. The zero-order valence-electron chi connectivity index (χ0n) is 34.1. The van der Waals surface area contributed by atoms with Crippen LogP contribution in [0.4, 0.5) is 51.2 Å². The first-order valence-electron chi connectivity index (χ1n) is 21.1. The first-order valence-corrected chi connectivity index (χ1v) is 21.1. The zero-order valence-corrected chi connectivity index (χ0v) is 34.1. The van der Waals surface area contributed by atoms with Crippen LogP contribution in [-0.2, 0) is 10.8 Å². The maximum Gasteiger partial charge on any atom is 0.0770 e. The number of rotatable bonds is 5. The Morgan fingerprint density at radius 2 is 0.869 bits per heavy atom. The largest absolute Gasteiger partial charge is 0.310 e. The number of fused-ring (bicyclic) bond motifs is 11. The molecule has 1 spiro atoms. The molecule has 9 aromatic rings. The molecule has 1 unspecified atom stereocenters. The minimum absolute atomic E-state index is 0.170. The van der Waals surface area contributed by atoms with Crippen molar-refractivity contribution >= 4 is 51.2 Å². The Kier molecular flexibility index (Phi) is 7.76. The lowest BCUT2D eigenvalue weighted by Gasteiger charge is -2.46. The van der Waals surface area contributed by atoms with Crippen molar-refractivity contribution < 1.29 is 0 Å². The number of pyridine rings is 1. The third-order valence-electron chi connectivity index (χ3n) is 13.3. The summed E-state index contributed by atoms with van der Waals surface area (Å²) in [5, 5.41) is 0. The summed E-state index contributed by atoms with van der Waals surface area (Å²) < 4.78 is 0. The van der Waals surface area contributed by atoms with Gasteiger partial charge in [-0.2, -0.15) is 0 Å². The van der Waals surface area contributed by atoms with Gasteiger partial charge in [-0.25, -0.2) is 0 Å². The molecule has 0 saturated heterocycles. The second kappa shape index (κ2) is 13.4. The molecule has 0 fully saturated rings. The minimum Gasteiger partial charge on any atom is -0.310 e. The van der Waals surface area contributed by atoms with Gasteiger partial charge in [0.2, 0.25) is 0 Å². The zero-order chi connectivity index (χ0) is 40.7. The fraction of sp³-hybridized carbons (Fsp3) is 0.0702. The topological polar surface area (TPSA) is 22.6 Å². The molecule has 8 aromatic carbocycles. The van der Waals surface area contributed by atoms with Crippen LogP contribution in [0.1, 0.15) is 47.2 Å². The predicted octanol–water partition coefficient (Wildman–Crippen LogP) is 14.8. The van der Waals surface area contributed by atoms with Crippen LogP contribution in [-0.4, -0.2) is 4.98 Å². The van der Waals surface area contributed by atoms with Crippen molar-refractivity contribution in [1.82, 2.24) is 4.98 Å². The Bertz CT molecular complexity index is 3000. The van der Waals surface area contributed by atoms with Crippen molar-refractivity contribution in [3.8, 4) is 11.1 Å². The molecule has 61 heavy (non-hydrogen) atoms. The number of hydrogen-bond acceptors (Lipinski definition) is 4. The second-order valence-corrected chi connectivity index (χ2v) is 16.8. The first-order chi connectivity index (χ1) is 30.0. The van der Waals surface area contributed by atoms with Crippen LogP contribution in [0.25, 0.3) is 11.1 Å². The number of para-hydroxylation sites is 5. The highest BCUT2D eigenvalue weighted by Gasteiger charge is 2.53. The van der Waals surface area contributed by atoms with Gasteiger partial charge in [0, 0.05) is 46.2 Å². The van der Waals surface area contributed by atoms with E-state index >= 15 is 0 Å². The lowest BCUT2D eigenvalue weighted by atomic mass is 9.64. The van der Waals surface area contributed by atoms with Gasteiger partial charge >= 0.3 is 0 Å². The maximum absolute atomic E-state index is 4.92. The average Bonchev–Trinajstić information content (AvgIpc) is 3.61. The molecule has 12 rings (SSSR count). The summed E-state index contributed by atoms with van der Waals surface area (Å²) >= 11 is 0. The third kappa shape index (κ3) is 5.03. The number of aromatic nitrogens is 1. The van der Waals surface area contributed by atoms with Crippen molar-refractivity contribution in [2.75, 3.05) is 14.7 Å². The van der Waals surface area contributed by atoms with E-state index in [9.17, 15) is 0 Å². The van der Waals surface area contributed by atoms with Crippen molar-refractivity contribution in [1.29, 1.82) is 0 Å². The molecule has 0 bridgehead atoms. The van der Waals surface area contributed by atoms with E-state index in [1.165, 1.54) is 55.9 Å². The number of benzene rings is 8. The van der Waals surface area contributed by atoms with Crippen LogP contribution >= 0.6 is 0 Å². The smallest absolute Gasteiger partial charge is 0.0770 e. The first kappa shape index (κ1) is 35.3. The molecular formula is C57H42N4. The molecule has 3 aliphatic rings. The standard InChI is InChI=1S/C57H42N4/c1-56(2)47-26-14-16-28-52(47)61(53-29-17-15-27-48(53)56)43-31-33-55-50(37-43)57(46-25-13-12-24-44(46)45-34-35-58-38-51(45)57)49-36-42(30-32-54(49)60(55)41-22-10-5-11-23-41)59(39-18-6-3-7-19-39)40-20-8-4-9-21-40/h3-38H,1-2H3. The van der Waals surface area contributed by atoms with Gasteiger partial charge in [0.1, 0.15) is 0 Å². The molecule has 1 aromatic heterocycles. The average molecular weight is 783 g/mol. The molecule has 3 heterocycles. The van der Waals surface area contributed by atoms with E-state index in [2.05, 4.69) is 241 Å². The Balaban J connectivity index is 1.20.